The molecule has 0 aliphatic carbocycles. The predicted octanol–water partition coefficient (Wildman–Crippen LogP) is 4.79. The van der Waals surface area contributed by atoms with Gasteiger partial charge in [0, 0.05) is 22.5 Å². The van der Waals surface area contributed by atoms with Crippen LogP contribution in [-0.4, -0.2) is 15.2 Å². The second-order valence-electron chi connectivity index (χ2n) is 4.83. The quantitative estimate of drug-likeness (QED) is 0.646. The molecular weight excluding hydrogens is 314 g/mol. The van der Waals surface area contributed by atoms with Gasteiger partial charge in [0.25, 0.3) is 0 Å². The average molecular weight is 328 g/mol. The molecule has 5 heteroatoms. The van der Waals surface area contributed by atoms with Gasteiger partial charge in [-0.05, 0) is 48.9 Å². The monoisotopic (exact) mass is 327 g/mol. The summed E-state index contributed by atoms with van der Waals surface area (Å²) in [6.07, 6.45) is 1.80. The Morgan fingerprint density at radius 3 is 2.64 bits per heavy atom. The number of benzene rings is 1. The molecule has 22 heavy (non-hydrogen) atoms. The van der Waals surface area contributed by atoms with E-state index in [1.165, 1.54) is 0 Å². The zero-order chi connectivity index (χ0) is 15.4. The molecule has 110 valence electrons. The highest BCUT2D eigenvalue weighted by atomic mass is 35.5. The molecule has 0 N–H and O–H groups in total. The molecule has 0 unspecified atom stereocenters. The number of nitrogens with zero attached hydrogens (tertiary/aromatic N) is 3. The van der Waals surface area contributed by atoms with Crippen LogP contribution >= 0.6 is 23.4 Å². The molecule has 0 aliphatic rings. The lowest BCUT2D eigenvalue weighted by Gasteiger charge is -2.06. The summed E-state index contributed by atoms with van der Waals surface area (Å²) in [5.74, 6) is 0.787. The van der Waals surface area contributed by atoms with Crippen LogP contribution in [0.2, 0.25) is 5.02 Å². The van der Waals surface area contributed by atoms with E-state index in [-0.39, 0.29) is 0 Å². The minimum absolute atomic E-state index is 0.733. The van der Waals surface area contributed by atoms with E-state index in [4.69, 9.17) is 11.6 Å². The molecular formula is C17H14ClN3S. The SMILES string of the molecule is Cc1cc(Cl)ccc1-c1ccc(SCc2ccccn2)nn1. The third-order valence-electron chi connectivity index (χ3n) is 3.20. The van der Waals surface area contributed by atoms with Crippen molar-refractivity contribution >= 4 is 23.4 Å². The molecule has 0 aliphatic heterocycles. The number of hydrogen-bond acceptors (Lipinski definition) is 4. The number of aromatic nitrogens is 3. The van der Waals surface area contributed by atoms with Crippen molar-refractivity contribution in [2.24, 2.45) is 0 Å². The van der Waals surface area contributed by atoms with Gasteiger partial charge in [0.1, 0.15) is 5.03 Å². The summed E-state index contributed by atoms with van der Waals surface area (Å²) in [6, 6.07) is 15.7. The topological polar surface area (TPSA) is 38.7 Å². The van der Waals surface area contributed by atoms with Gasteiger partial charge in [0.2, 0.25) is 0 Å². The normalized spacial score (nSPS) is 10.6. The Morgan fingerprint density at radius 2 is 1.95 bits per heavy atom. The Kier molecular flexibility index (Phi) is 4.71. The van der Waals surface area contributed by atoms with Crippen LogP contribution in [0.15, 0.2) is 59.8 Å². The molecule has 0 amide bonds. The lowest BCUT2D eigenvalue weighted by atomic mass is 10.1. The molecule has 0 saturated heterocycles. The molecule has 0 radical (unpaired) electrons. The molecule has 3 nitrogen and oxygen atoms in total. The number of aryl methyl sites for hydroxylation is 1. The maximum absolute atomic E-state index is 5.98. The van der Waals surface area contributed by atoms with Crippen LogP contribution in [-0.2, 0) is 5.75 Å². The van der Waals surface area contributed by atoms with E-state index in [0.29, 0.717) is 0 Å². The summed E-state index contributed by atoms with van der Waals surface area (Å²) < 4.78 is 0. The van der Waals surface area contributed by atoms with Crippen molar-refractivity contribution in [3.05, 3.63) is 71.0 Å². The molecule has 2 heterocycles. The number of thioether (sulfide) groups is 1. The molecule has 3 aromatic rings. The highest BCUT2D eigenvalue weighted by Gasteiger charge is 2.06. The van der Waals surface area contributed by atoms with Gasteiger partial charge < -0.3 is 0 Å². The van der Waals surface area contributed by atoms with Gasteiger partial charge in [0.05, 0.1) is 11.4 Å². The first-order chi connectivity index (χ1) is 10.7. The molecule has 0 saturated carbocycles. The van der Waals surface area contributed by atoms with Crippen molar-refractivity contribution in [1.29, 1.82) is 0 Å². The van der Waals surface area contributed by atoms with Gasteiger partial charge in [-0.1, -0.05) is 35.5 Å². The summed E-state index contributed by atoms with van der Waals surface area (Å²) in [7, 11) is 0. The van der Waals surface area contributed by atoms with Gasteiger partial charge in [-0.15, -0.1) is 10.2 Å². The molecule has 0 fully saturated rings. The molecule has 0 spiro atoms. The Morgan fingerprint density at radius 1 is 1.05 bits per heavy atom. The van der Waals surface area contributed by atoms with Crippen LogP contribution in [0.4, 0.5) is 0 Å². The maximum atomic E-state index is 5.98. The van der Waals surface area contributed by atoms with Gasteiger partial charge in [-0.2, -0.15) is 0 Å². The van der Waals surface area contributed by atoms with Crippen LogP contribution in [0.25, 0.3) is 11.3 Å². The van der Waals surface area contributed by atoms with Crippen molar-refractivity contribution in [2.75, 3.05) is 0 Å². The van der Waals surface area contributed by atoms with E-state index in [1.54, 1.807) is 18.0 Å². The Hall–Kier alpha value is -1.91. The fraction of sp³-hybridized carbons (Fsp3) is 0.118. The van der Waals surface area contributed by atoms with Gasteiger partial charge in [0.15, 0.2) is 0 Å². The molecule has 1 aromatic carbocycles. The number of hydrogen-bond donors (Lipinski definition) is 0. The maximum Gasteiger partial charge on any atom is 0.119 e. The van der Waals surface area contributed by atoms with Crippen molar-refractivity contribution in [2.45, 2.75) is 17.7 Å². The number of halogens is 1. The minimum atomic E-state index is 0.733. The highest BCUT2D eigenvalue weighted by molar-refractivity contribution is 7.98. The number of pyridine rings is 1. The summed E-state index contributed by atoms with van der Waals surface area (Å²) in [6.45, 7) is 2.02. The average Bonchev–Trinajstić information content (AvgIpc) is 2.55. The van der Waals surface area contributed by atoms with E-state index in [1.807, 2.05) is 55.5 Å². The molecule has 2 aromatic heterocycles. The van der Waals surface area contributed by atoms with Crippen molar-refractivity contribution in [3.63, 3.8) is 0 Å². The summed E-state index contributed by atoms with van der Waals surface area (Å²) in [5.41, 5.74) is 4.04. The van der Waals surface area contributed by atoms with Crippen LogP contribution in [0, 0.1) is 6.92 Å². The van der Waals surface area contributed by atoms with Crippen molar-refractivity contribution in [1.82, 2.24) is 15.2 Å². The Balaban J connectivity index is 1.72. The van der Waals surface area contributed by atoms with E-state index >= 15 is 0 Å². The minimum Gasteiger partial charge on any atom is -0.260 e. The molecule has 0 bridgehead atoms. The first-order valence-corrected chi connectivity index (χ1v) is 8.22. The van der Waals surface area contributed by atoms with Crippen molar-refractivity contribution < 1.29 is 0 Å². The molecule has 3 rings (SSSR count). The van der Waals surface area contributed by atoms with E-state index < -0.39 is 0 Å². The smallest absolute Gasteiger partial charge is 0.119 e. The Bertz CT molecular complexity index is 761. The molecule has 0 atom stereocenters. The fourth-order valence-corrected chi connectivity index (χ4v) is 3.04. The zero-order valence-electron chi connectivity index (χ0n) is 12.0. The summed E-state index contributed by atoms with van der Waals surface area (Å²) >= 11 is 7.61. The first kappa shape index (κ1) is 15.0. The van der Waals surface area contributed by atoms with E-state index in [2.05, 4.69) is 15.2 Å². The second-order valence-corrected chi connectivity index (χ2v) is 6.26. The third kappa shape index (κ3) is 3.64. The lowest BCUT2D eigenvalue weighted by Crippen LogP contribution is -1.92. The second kappa shape index (κ2) is 6.90. The van der Waals surface area contributed by atoms with Crippen molar-refractivity contribution in [3.8, 4) is 11.3 Å². The van der Waals surface area contributed by atoms with Crippen LogP contribution < -0.4 is 0 Å². The summed E-state index contributed by atoms with van der Waals surface area (Å²) in [4.78, 5) is 4.30. The van der Waals surface area contributed by atoms with Gasteiger partial charge in [-0.25, -0.2) is 0 Å². The fourth-order valence-electron chi connectivity index (χ4n) is 2.09. The van der Waals surface area contributed by atoms with Crippen LogP contribution in [0.1, 0.15) is 11.3 Å². The standard InChI is InChI=1S/C17H14ClN3S/c1-12-10-13(18)5-6-15(12)16-7-8-17(21-20-16)22-11-14-4-2-3-9-19-14/h2-10H,11H2,1H3. The van der Waals surface area contributed by atoms with Crippen LogP contribution in [0.5, 0.6) is 0 Å². The summed E-state index contributed by atoms with van der Waals surface area (Å²) in [5, 5.41) is 10.2. The lowest BCUT2D eigenvalue weighted by molar-refractivity contribution is 0.934. The van der Waals surface area contributed by atoms with E-state index in [9.17, 15) is 0 Å². The Labute approximate surface area is 138 Å². The van der Waals surface area contributed by atoms with Gasteiger partial charge in [-0.3, -0.25) is 4.98 Å². The van der Waals surface area contributed by atoms with E-state index in [0.717, 1.165) is 38.3 Å². The van der Waals surface area contributed by atoms with Gasteiger partial charge >= 0.3 is 0 Å². The van der Waals surface area contributed by atoms with Crippen LogP contribution in [0.3, 0.4) is 0 Å². The highest BCUT2D eigenvalue weighted by Crippen LogP contribution is 2.26. The third-order valence-corrected chi connectivity index (χ3v) is 4.39. The zero-order valence-corrected chi connectivity index (χ0v) is 13.6. The predicted molar refractivity (Wildman–Crippen MR) is 91.0 cm³/mol. The first-order valence-electron chi connectivity index (χ1n) is 6.85. The largest absolute Gasteiger partial charge is 0.260 e. The number of rotatable bonds is 4.